The molecular weight excluding hydrogens is 226 g/mol. The predicted molar refractivity (Wildman–Crippen MR) is 58.9 cm³/mol. The predicted octanol–water partition coefficient (Wildman–Crippen LogP) is 3.18. The summed E-state index contributed by atoms with van der Waals surface area (Å²) >= 11 is 3.62. The second kappa shape index (κ2) is 3.81. The van der Waals surface area contributed by atoms with Crippen LogP contribution in [0.4, 0.5) is 0 Å². The molecule has 0 spiro atoms. The van der Waals surface area contributed by atoms with Crippen LogP contribution in [0.3, 0.4) is 0 Å². The molecule has 1 fully saturated rings. The molecule has 13 heavy (non-hydrogen) atoms. The fourth-order valence-corrected chi connectivity index (χ4v) is 2.63. The van der Waals surface area contributed by atoms with Crippen LogP contribution >= 0.6 is 15.9 Å². The lowest BCUT2D eigenvalue weighted by atomic mass is 10.0. The van der Waals surface area contributed by atoms with Crippen molar-refractivity contribution in [2.75, 3.05) is 6.54 Å². The van der Waals surface area contributed by atoms with Crippen molar-refractivity contribution in [3.63, 3.8) is 0 Å². The molecule has 0 saturated carbocycles. The molecule has 1 aromatic rings. The molecule has 2 heteroatoms. The zero-order chi connectivity index (χ0) is 9.26. The van der Waals surface area contributed by atoms with Crippen molar-refractivity contribution in [2.24, 2.45) is 0 Å². The van der Waals surface area contributed by atoms with Gasteiger partial charge in [-0.15, -0.1) is 0 Å². The minimum absolute atomic E-state index is 0.565. The van der Waals surface area contributed by atoms with Crippen LogP contribution in [0.15, 0.2) is 22.7 Å². The van der Waals surface area contributed by atoms with E-state index in [9.17, 15) is 0 Å². The van der Waals surface area contributed by atoms with E-state index in [4.69, 9.17) is 0 Å². The Bertz CT molecular complexity index is 303. The van der Waals surface area contributed by atoms with Crippen LogP contribution in [0.25, 0.3) is 0 Å². The third-order valence-electron chi connectivity index (χ3n) is 2.59. The molecule has 1 aromatic carbocycles. The second-order valence-corrected chi connectivity index (χ2v) is 4.53. The Hall–Kier alpha value is -0.340. The quantitative estimate of drug-likeness (QED) is 0.794. The first-order chi connectivity index (χ1) is 6.27. The molecule has 0 aromatic heterocycles. The maximum atomic E-state index is 3.62. The van der Waals surface area contributed by atoms with E-state index in [1.165, 1.54) is 28.4 Å². The van der Waals surface area contributed by atoms with E-state index in [1.807, 2.05) is 0 Å². The SMILES string of the molecule is Cc1ccc([C@@H]2CCCN2)c(Br)c1. The van der Waals surface area contributed by atoms with Gasteiger partial charge in [-0.05, 0) is 43.5 Å². The molecule has 1 nitrogen and oxygen atoms in total. The second-order valence-electron chi connectivity index (χ2n) is 3.67. The summed E-state index contributed by atoms with van der Waals surface area (Å²) in [6.07, 6.45) is 2.56. The molecule has 0 aliphatic carbocycles. The fourth-order valence-electron chi connectivity index (χ4n) is 1.86. The number of halogens is 1. The average molecular weight is 240 g/mol. The fraction of sp³-hybridized carbons (Fsp3) is 0.455. The number of hydrogen-bond donors (Lipinski definition) is 1. The monoisotopic (exact) mass is 239 g/mol. The van der Waals surface area contributed by atoms with E-state index in [0.717, 1.165) is 6.54 Å². The largest absolute Gasteiger partial charge is 0.310 e. The lowest BCUT2D eigenvalue weighted by molar-refractivity contribution is 0.645. The molecule has 0 radical (unpaired) electrons. The number of hydrogen-bond acceptors (Lipinski definition) is 1. The van der Waals surface area contributed by atoms with Gasteiger partial charge in [0.05, 0.1) is 0 Å². The zero-order valence-corrected chi connectivity index (χ0v) is 9.39. The van der Waals surface area contributed by atoms with Gasteiger partial charge in [0, 0.05) is 10.5 Å². The Balaban J connectivity index is 2.29. The first-order valence-corrected chi connectivity index (χ1v) is 5.56. The van der Waals surface area contributed by atoms with Gasteiger partial charge in [-0.3, -0.25) is 0 Å². The van der Waals surface area contributed by atoms with Gasteiger partial charge in [0.25, 0.3) is 0 Å². The van der Waals surface area contributed by atoms with E-state index in [0.29, 0.717) is 6.04 Å². The number of nitrogens with one attached hydrogen (secondary N) is 1. The maximum absolute atomic E-state index is 3.62. The van der Waals surface area contributed by atoms with Gasteiger partial charge in [0.2, 0.25) is 0 Å². The van der Waals surface area contributed by atoms with Crippen molar-refractivity contribution in [3.05, 3.63) is 33.8 Å². The van der Waals surface area contributed by atoms with Crippen molar-refractivity contribution in [1.29, 1.82) is 0 Å². The van der Waals surface area contributed by atoms with Crippen LogP contribution in [-0.4, -0.2) is 6.54 Å². The molecule has 2 rings (SSSR count). The highest BCUT2D eigenvalue weighted by Crippen LogP contribution is 2.29. The minimum Gasteiger partial charge on any atom is -0.310 e. The number of aryl methyl sites for hydroxylation is 1. The first kappa shape index (κ1) is 9.22. The van der Waals surface area contributed by atoms with E-state index in [1.54, 1.807) is 0 Å². The van der Waals surface area contributed by atoms with Crippen LogP contribution in [0.2, 0.25) is 0 Å². The molecular formula is C11H14BrN. The highest BCUT2D eigenvalue weighted by molar-refractivity contribution is 9.10. The lowest BCUT2D eigenvalue weighted by Crippen LogP contribution is -2.13. The highest BCUT2D eigenvalue weighted by Gasteiger charge is 2.17. The molecule has 1 heterocycles. The van der Waals surface area contributed by atoms with E-state index < -0.39 is 0 Å². The van der Waals surface area contributed by atoms with Crippen molar-refractivity contribution >= 4 is 15.9 Å². The van der Waals surface area contributed by atoms with Crippen LogP contribution in [0, 0.1) is 6.92 Å². The smallest absolute Gasteiger partial charge is 0.0331 e. The van der Waals surface area contributed by atoms with E-state index in [-0.39, 0.29) is 0 Å². The van der Waals surface area contributed by atoms with Crippen molar-refractivity contribution < 1.29 is 0 Å². The molecule has 0 unspecified atom stereocenters. The zero-order valence-electron chi connectivity index (χ0n) is 7.81. The molecule has 0 amide bonds. The average Bonchev–Trinajstić information content (AvgIpc) is 2.56. The van der Waals surface area contributed by atoms with E-state index in [2.05, 4.69) is 46.4 Å². The highest BCUT2D eigenvalue weighted by atomic mass is 79.9. The van der Waals surface area contributed by atoms with Gasteiger partial charge in [0.15, 0.2) is 0 Å². The molecule has 1 N–H and O–H groups in total. The van der Waals surface area contributed by atoms with Crippen LogP contribution in [0.1, 0.15) is 30.0 Å². The Kier molecular flexibility index (Phi) is 2.70. The lowest BCUT2D eigenvalue weighted by Gasteiger charge is -2.12. The van der Waals surface area contributed by atoms with Gasteiger partial charge < -0.3 is 5.32 Å². The summed E-state index contributed by atoms with van der Waals surface area (Å²) in [7, 11) is 0. The Morgan fingerprint density at radius 1 is 1.46 bits per heavy atom. The molecule has 1 aliphatic rings. The summed E-state index contributed by atoms with van der Waals surface area (Å²) in [6, 6.07) is 7.16. The Morgan fingerprint density at radius 2 is 2.31 bits per heavy atom. The first-order valence-electron chi connectivity index (χ1n) is 4.77. The third-order valence-corrected chi connectivity index (χ3v) is 3.28. The summed E-state index contributed by atoms with van der Waals surface area (Å²) in [5, 5.41) is 3.50. The third kappa shape index (κ3) is 1.94. The van der Waals surface area contributed by atoms with Crippen molar-refractivity contribution in [2.45, 2.75) is 25.8 Å². The van der Waals surface area contributed by atoms with Crippen LogP contribution in [-0.2, 0) is 0 Å². The maximum Gasteiger partial charge on any atom is 0.0331 e. The minimum atomic E-state index is 0.565. The summed E-state index contributed by atoms with van der Waals surface area (Å²) < 4.78 is 1.24. The van der Waals surface area contributed by atoms with Crippen LogP contribution < -0.4 is 5.32 Å². The summed E-state index contributed by atoms with van der Waals surface area (Å²) in [4.78, 5) is 0. The summed E-state index contributed by atoms with van der Waals surface area (Å²) in [6.45, 7) is 3.28. The van der Waals surface area contributed by atoms with Crippen LogP contribution in [0.5, 0.6) is 0 Å². The number of benzene rings is 1. The van der Waals surface area contributed by atoms with Crippen molar-refractivity contribution in [3.8, 4) is 0 Å². The molecule has 70 valence electrons. The van der Waals surface area contributed by atoms with Gasteiger partial charge in [-0.25, -0.2) is 0 Å². The van der Waals surface area contributed by atoms with Gasteiger partial charge >= 0.3 is 0 Å². The topological polar surface area (TPSA) is 12.0 Å². The molecule has 0 bridgehead atoms. The van der Waals surface area contributed by atoms with Crippen molar-refractivity contribution in [1.82, 2.24) is 5.32 Å². The van der Waals surface area contributed by atoms with Gasteiger partial charge in [-0.2, -0.15) is 0 Å². The standard InChI is InChI=1S/C11H14BrN/c1-8-4-5-9(10(12)7-8)11-3-2-6-13-11/h4-5,7,11,13H,2-3,6H2,1H3/t11-/m0/s1. The van der Waals surface area contributed by atoms with E-state index >= 15 is 0 Å². The van der Waals surface area contributed by atoms with Gasteiger partial charge in [0.1, 0.15) is 0 Å². The normalized spacial score (nSPS) is 22.2. The Morgan fingerprint density at radius 3 is 2.92 bits per heavy atom. The molecule has 1 aliphatic heterocycles. The van der Waals surface area contributed by atoms with Gasteiger partial charge in [-0.1, -0.05) is 28.1 Å². The molecule has 1 atom stereocenters. The Labute approximate surface area is 87.7 Å². The summed E-state index contributed by atoms with van der Waals surface area (Å²) in [5.74, 6) is 0. The molecule has 1 saturated heterocycles. The summed E-state index contributed by atoms with van der Waals surface area (Å²) in [5.41, 5.74) is 2.72. The number of rotatable bonds is 1.